The smallest absolute Gasteiger partial charge is 0.332 e. The van der Waals surface area contributed by atoms with Crippen LogP contribution in [0.15, 0.2) is 47.6 Å². The third-order valence-corrected chi connectivity index (χ3v) is 3.50. The number of nitrogens with zero attached hydrogens (tertiary/aromatic N) is 1. The van der Waals surface area contributed by atoms with E-state index in [1.165, 1.54) is 6.21 Å². The predicted octanol–water partition coefficient (Wildman–Crippen LogP) is 3.15. The van der Waals surface area contributed by atoms with Crippen LogP contribution >= 0.6 is 0 Å². The van der Waals surface area contributed by atoms with Gasteiger partial charge in [-0.25, -0.2) is 10.2 Å². The van der Waals surface area contributed by atoms with E-state index < -0.39 is 6.03 Å². The number of aryl methyl sites for hydroxylation is 2. The quantitative estimate of drug-likeness (QED) is 0.439. The molecule has 6 nitrogen and oxygen atoms in total. The number of nitrogens with one attached hydrogen (secondary N) is 1. The van der Waals surface area contributed by atoms with Crippen molar-refractivity contribution in [1.82, 2.24) is 5.43 Å². The molecule has 25 heavy (non-hydrogen) atoms. The summed E-state index contributed by atoms with van der Waals surface area (Å²) in [6, 6.07) is 12.8. The molecule has 0 saturated heterocycles. The molecule has 0 atom stereocenters. The lowest BCUT2D eigenvalue weighted by molar-refractivity contribution is 0.245. The highest BCUT2D eigenvalue weighted by molar-refractivity contribution is 5.84. The lowest BCUT2D eigenvalue weighted by Crippen LogP contribution is -2.24. The van der Waals surface area contributed by atoms with Gasteiger partial charge in [0.1, 0.15) is 11.5 Å². The van der Waals surface area contributed by atoms with Crippen molar-refractivity contribution in [2.75, 3.05) is 13.2 Å². The second-order valence-corrected chi connectivity index (χ2v) is 5.54. The number of para-hydroxylation sites is 2. The first-order valence-corrected chi connectivity index (χ1v) is 8.07. The molecule has 132 valence electrons. The van der Waals surface area contributed by atoms with Gasteiger partial charge in [0.25, 0.3) is 0 Å². The molecule has 2 aromatic carbocycles. The monoisotopic (exact) mass is 341 g/mol. The molecule has 0 bridgehead atoms. The highest BCUT2D eigenvalue weighted by Gasteiger charge is 2.04. The fourth-order valence-electron chi connectivity index (χ4n) is 2.33. The molecule has 2 aromatic rings. The second-order valence-electron chi connectivity index (χ2n) is 5.54. The molecule has 6 heteroatoms. The predicted molar refractivity (Wildman–Crippen MR) is 98.3 cm³/mol. The van der Waals surface area contributed by atoms with Crippen molar-refractivity contribution in [2.45, 2.75) is 20.3 Å². The van der Waals surface area contributed by atoms with E-state index in [1.807, 2.05) is 56.3 Å². The number of benzene rings is 2. The highest BCUT2D eigenvalue weighted by atomic mass is 16.5. The number of hydrazone groups is 1. The number of ether oxygens (including phenoxy) is 2. The van der Waals surface area contributed by atoms with Gasteiger partial charge in [-0.3, -0.25) is 0 Å². The normalized spacial score (nSPS) is 10.6. The van der Waals surface area contributed by atoms with Gasteiger partial charge in [-0.2, -0.15) is 5.10 Å². The summed E-state index contributed by atoms with van der Waals surface area (Å²) in [6.07, 6.45) is 2.24. The largest absolute Gasteiger partial charge is 0.493 e. The molecule has 3 N–H and O–H groups in total. The van der Waals surface area contributed by atoms with Crippen molar-refractivity contribution in [3.8, 4) is 11.5 Å². The molecule has 2 amide bonds. The maximum atomic E-state index is 10.6. The van der Waals surface area contributed by atoms with Gasteiger partial charge >= 0.3 is 6.03 Å². The van der Waals surface area contributed by atoms with Crippen LogP contribution < -0.4 is 20.6 Å². The van der Waals surface area contributed by atoms with Crippen LogP contribution in [0.1, 0.15) is 23.1 Å². The lowest BCUT2D eigenvalue weighted by atomic mass is 10.1. The number of amides is 2. The van der Waals surface area contributed by atoms with Gasteiger partial charge in [-0.1, -0.05) is 30.3 Å². The molecule has 0 spiro atoms. The van der Waals surface area contributed by atoms with E-state index in [9.17, 15) is 4.79 Å². The first kappa shape index (κ1) is 18.3. The van der Waals surface area contributed by atoms with Crippen LogP contribution in [0.3, 0.4) is 0 Å². The minimum atomic E-state index is -0.710. The molecule has 0 unspecified atom stereocenters. The molecule has 0 aromatic heterocycles. The summed E-state index contributed by atoms with van der Waals surface area (Å²) < 4.78 is 11.6. The number of urea groups is 1. The van der Waals surface area contributed by atoms with E-state index in [4.69, 9.17) is 15.2 Å². The van der Waals surface area contributed by atoms with E-state index in [-0.39, 0.29) is 0 Å². The summed E-state index contributed by atoms with van der Waals surface area (Å²) in [4.78, 5) is 10.6. The number of hydrogen-bond acceptors (Lipinski definition) is 4. The van der Waals surface area contributed by atoms with Crippen LogP contribution in [0.25, 0.3) is 0 Å². The van der Waals surface area contributed by atoms with Gasteiger partial charge in [-0.05, 0) is 37.1 Å². The van der Waals surface area contributed by atoms with Crippen LogP contribution in [0.5, 0.6) is 11.5 Å². The molecule has 0 fully saturated rings. The number of primary amides is 1. The third-order valence-electron chi connectivity index (χ3n) is 3.50. The van der Waals surface area contributed by atoms with Crippen LogP contribution in [0, 0.1) is 13.8 Å². The lowest BCUT2D eigenvalue weighted by Gasteiger charge is -2.13. The summed E-state index contributed by atoms with van der Waals surface area (Å²) in [7, 11) is 0. The first-order chi connectivity index (χ1) is 12.1. The number of rotatable bonds is 8. The van der Waals surface area contributed by atoms with Gasteiger partial charge in [0.05, 0.1) is 19.4 Å². The Morgan fingerprint density at radius 3 is 2.48 bits per heavy atom. The maximum Gasteiger partial charge on any atom is 0.332 e. The van der Waals surface area contributed by atoms with Crippen molar-refractivity contribution in [3.63, 3.8) is 0 Å². The van der Waals surface area contributed by atoms with Crippen molar-refractivity contribution in [1.29, 1.82) is 0 Å². The summed E-state index contributed by atoms with van der Waals surface area (Å²) in [6.45, 7) is 5.16. The third kappa shape index (κ3) is 5.84. The zero-order chi connectivity index (χ0) is 18.1. The Morgan fingerprint density at radius 2 is 1.76 bits per heavy atom. The zero-order valence-corrected chi connectivity index (χ0v) is 14.5. The summed E-state index contributed by atoms with van der Waals surface area (Å²) in [5, 5.41) is 3.75. The molecular formula is C19H23N3O3. The number of carbonyl (C=O) groups is 1. The van der Waals surface area contributed by atoms with Gasteiger partial charge in [0, 0.05) is 12.0 Å². The van der Waals surface area contributed by atoms with Crippen molar-refractivity contribution in [3.05, 3.63) is 59.2 Å². The Hall–Kier alpha value is -3.02. The topological polar surface area (TPSA) is 85.9 Å². The van der Waals surface area contributed by atoms with Crippen molar-refractivity contribution >= 4 is 12.2 Å². The van der Waals surface area contributed by atoms with E-state index >= 15 is 0 Å². The van der Waals surface area contributed by atoms with E-state index in [0.29, 0.717) is 19.0 Å². The number of nitrogens with two attached hydrogens (primary N) is 1. The minimum absolute atomic E-state index is 0.513. The number of hydrogen-bond donors (Lipinski definition) is 2. The van der Waals surface area contributed by atoms with Crippen LogP contribution in [-0.2, 0) is 0 Å². The molecule has 0 aliphatic carbocycles. The average molecular weight is 341 g/mol. The fourth-order valence-corrected chi connectivity index (χ4v) is 2.33. The Morgan fingerprint density at radius 1 is 1.08 bits per heavy atom. The summed E-state index contributed by atoms with van der Waals surface area (Å²) in [5.74, 6) is 1.62. The molecule has 0 aliphatic rings. The summed E-state index contributed by atoms with van der Waals surface area (Å²) >= 11 is 0. The van der Waals surface area contributed by atoms with Crippen LogP contribution in [0.4, 0.5) is 4.79 Å². The average Bonchev–Trinajstić information content (AvgIpc) is 2.58. The highest BCUT2D eigenvalue weighted by Crippen LogP contribution is 2.22. The Kier molecular flexibility index (Phi) is 6.83. The molecular weight excluding hydrogens is 318 g/mol. The maximum absolute atomic E-state index is 10.6. The van der Waals surface area contributed by atoms with Crippen molar-refractivity contribution < 1.29 is 14.3 Å². The van der Waals surface area contributed by atoms with Gasteiger partial charge in [0.15, 0.2) is 0 Å². The molecule has 0 saturated carbocycles. The first-order valence-electron chi connectivity index (χ1n) is 8.07. The fraction of sp³-hybridized carbons (Fsp3) is 0.263. The second kappa shape index (κ2) is 9.32. The Balaban J connectivity index is 1.82. The molecule has 2 rings (SSSR count). The zero-order valence-electron chi connectivity index (χ0n) is 14.5. The van der Waals surface area contributed by atoms with Gasteiger partial charge < -0.3 is 15.2 Å². The van der Waals surface area contributed by atoms with Crippen LogP contribution in [-0.4, -0.2) is 25.5 Å². The molecule has 0 aliphatic heterocycles. The molecule has 0 heterocycles. The molecule has 0 radical (unpaired) electrons. The minimum Gasteiger partial charge on any atom is -0.493 e. The Labute approximate surface area is 147 Å². The standard InChI is InChI=1S/C19H23N3O3/c1-14-7-5-8-15(2)18(14)25-12-6-11-24-17-10-4-3-9-16(17)13-21-22-19(20)23/h3-5,7-10,13H,6,11-12H2,1-2H3,(H3,20,22,23)/b21-13+. The summed E-state index contributed by atoms with van der Waals surface area (Å²) in [5.41, 5.74) is 10.1. The van der Waals surface area contributed by atoms with Crippen LogP contribution in [0.2, 0.25) is 0 Å². The van der Waals surface area contributed by atoms with E-state index in [1.54, 1.807) is 0 Å². The van der Waals surface area contributed by atoms with Gasteiger partial charge in [0.2, 0.25) is 0 Å². The van der Waals surface area contributed by atoms with Crippen molar-refractivity contribution in [2.24, 2.45) is 10.8 Å². The van der Waals surface area contributed by atoms with E-state index in [2.05, 4.69) is 10.5 Å². The van der Waals surface area contributed by atoms with E-state index in [0.717, 1.165) is 28.9 Å². The Bertz CT molecular complexity index is 724. The number of carbonyl (C=O) groups excluding carboxylic acids is 1. The van der Waals surface area contributed by atoms with Gasteiger partial charge in [-0.15, -0.1) is 0 Å². The SMILES string of the molecule is Cc1cccc(C)c1OCCCOc1ccccc1/C=N/NC(N)=O.